The van der Waals surface area contributed by atoms with Gasteiger partial charge in [-0.3, -0.25) is 9.98 Å². The fraction of sp³-hybridized carbons (Fsp3) is 0.300. The maximum Gasteiger partial charge on any atom is 0.170 e. The molecule has 0 saturated carbocycles. The van der Waals surface area contributed by atoms with Crippen molar-refractivity contribution < 1.29 is 9.50 Å². The Labute approximate surface area is 164 Å². The zero-order valence-electron chi connectivity index (χ0n) is 16.1. The van der Waals surface area contributed by atoms with Gasteiger partial charge in [0.25, 0.3) is 0 Å². The fourth-order valence-electron chi connectivity index (χ4n) is 3.05. The van der Waals surface area contributed by atoms with Crippen LogP contribution < -0.4 is 0 Å². The van der Waals surface area contributed by atoms with E-state index in [1.165, 1.54) is 12.2 Å². The second-order valence-electron chi connectivity index (χ2n) is 6.09. The predicted molar refractivity (Wildman–Crippen MR) is 109 cm³/mol. The van der Waals surface area contributed by atoms with Gasteiger partial charge in [0, 0.05) is 25.9 Å². The van der Waals surface area contributed by atoms with Gasteiger partial charge in [-0.15, -0.1) is 0 Å². The molecule has 28 heavy (non-hydrogen) atoms. The first-order valence-electron chi connectivity index (χ1n) is 8.64. The highest BCUT2D eigenvalue weighted by molar-refractivity contribution is 6.08. The Hall–Kier alpha value is -3.47. The molecule has 0 amide bonds. The second kappa shape index (κ2) is 8.95. The van der Waals surface area contributed by atoms with E-state index in [0.29, 0.717) is 23.8 Å². The summed E-state index contributed by atoms with van der Waals surface area (Å²) in [6.45, 7) is 7.80. The zero-order chi connectivity index (χ0) is 20.8. The van der Waals surface area contributed by atoms with Crippen molar-refractivity contribution in [1.82, 2.24) is 9.80 Å². The molecule has 1 fully saturated rings. The summed E-state index contributed by atoms with van der Waals surface area (Å²) in [7, 11) is 1.80. The molecule has 146 valence electrons. The molecule has 8 heteroatoms. The van der Waals surface area contributed by atoms with Gasteiger partial charge >= 0.3 is 0 Å². The summed E-state index contributed by atoms with van der Waals surface area (Å²) in [4.78, 5) is 12.2. The van der Waals surface area contributed by atoms with E-state index in [0.717, 1.165) is 12.3 Å². The number of aliphatic imine (C=N–C) groups is 2. The van der Waals surface area contributed by atoms with Crippen molar-refractivity contribution in [3.63, 3.8) is 0 Å². The minimum absolute atomic E-state index is 0.0607. The van der Waals surface area contributed by atoms with Gasteiger partial charge in [-0.1, -0.05) is 6.07 Å². The fourth-order valence-corrected chi connectivity index (χ4v) is 3.05. The number of amidine groups is 1. The molecule has 0 spiro atoms. The summed E-state index contributed by atoms with van der Waals surface area (Å²) in [5.41, 5.74) is 1.71. The Morgan fingerprint density at radius 2 is 2.18 bits per heavy atom. The van der Waals surface area contributed by atoms with Crippen LogP contribution in [0.2, 0.25) is 0 Å². The van der Waals surface area contributed by atoms with Crippen LogP contribution in [0.15, 0.2) is 39.6 Å². The van der Waals surface area contributed by atoms with Crippen LogP contribution in [0.25, 0.3) is 0 Å². The minimum atomic E-state index is -0.619. The van der Waals surface area contributed by atoms with E-state index in [2.05, 4.69) is 28.8 Å². The first kappa shape index (κ1) is 20.8. The van der Waals surface area contributed by atoms with E-state index >= 15 is 0 Å². The molecule has 7 nitrogen and oxygen atoms in total. The summed E-state index contributed by atoms with van der Waals surface area (Å²) in [5.74, 6) is -0.382. The Kier molecular flexibility index (Phi) is 6.66. The Morgan fingerprint density at radius 3 is 2.75 bits per heavy atom. The largest absolute Gasteiger partial charge is 0.501 e. The number of nitrogens with one attached hydrogen (secondary N) is 2. The maximum atomic E-state index is 14.3. The maximum absolute atomic E-state index is 14.3. The van der Waals surface area contributed by atoms with E-state index in [-0.39, 0.29) is 23.6 Å². The third kappa shape index (κ3) is 4.09. The molecule has 2 rings (SSSR count). The first-order chi connectivity index (χ1) is 13.3. The molecule has 1 aromatic rings. The number of nitrogens with zero attached hydrogens (tertiary/aromatic N) is 4. The van der Waals surface area contributed by atoms with Crippen molar-refractivity contribution in [3.05, 3.63) is 53.1 Å². The van der Waals surface area contributed by atoms with Gasteiger partial charge in [0.1, 0.15) is 17.7 Å². The van der Waals surface area contributed by atoms with Crippen molar-refractivity contribution in [2.45, 2.75) is 26.6 Å². The predicted octanol–water partition coefficient (Wildman–Crippen LogP) is 2.78. The Balaban J connectivity index is 2.60. The average Bonchev–Trinajstić information content (AvgIpc) is 2.93. The highest BCUT2D eigenvalue weighted by Crippen LogP contribution is 2.30. The molecule has 0 bridgehead atoms. The van der Waals surface area contributed by atoms with E-state index in [4.69, 9.17) is 10.8 Å². The van der Waals surface area contributed by atoms with Crippen LogP contribution in [0.4, 0.5) is 4.39 Å². The molecule has 1 saturated heterocycles. The van der Waals surface area contributed by atoms with Crippen LogP contribution in [0.5, 0.6) is 5.75 Å². The molecule has 1 aliphatic heterocycles. The van der Waals surface area contributed by atoms with Crippen LogP contribution >= 0.6 is 0 Å². The Morgan fingerprint density at radius 1 is 1.46 bits per heavy atom. The van der Waals surface area contributed by atoms with Gasteiger partial charge in [0.15, 0.2) is 11.6 Å². The molecule has 0 aromatic heterocycles. The van der Waals surface area contributed by atoms with E-state index in [9.17, 15) is 9.50 Å². The van der Waals surface area contributed by atoms with E-state index in [1.54, 1.807) is 18.9 Å². The molecule has 1 aliphatic rings. The average molecular weight is 382 g/mol. The number of hydrogen-bond acceptors (Lipinski definition) is 6. The molecule has 1 heterocycles. The van der Waals surface area contributed by atoms with Crippen LogP contribution in [-0.2, 0) is 6.54 Å². The molecular formula is C20H23FN6O. The summed E-state index contributed by atoms with van der Waals surface area (Å²) < 4.78 is 14.3. The summed E-state index contributed by atoms with van der Waals surface area (Å²) >= 11 is 0. The smallest absolute Gasteiger partial charge is 0.170 e. The molecular weight excluding hydrogens is 359 g/mol. The number of rotatable bonds is 7. The van der Waals surface area contributed by atoms with Gasteiger partial charge in [0.2, 0.25) is 0 Å². The lowest BCUT2D eigenvalue weighted by Gasteiger charge is -2.28. The molecule has 1 atom stereocenters. The normalized spacial score (nSPS) is 19.9. The topological polar surface area (TPSA) is 99.1 Å². The van der Waals surface area contributed by atoms with Crippen LogP contribution in [0.3, 0.4) is 0 Å². The van der Waals surface area contributed by atoms with Crippen molar-refractivity contribution in [3.8, 4) is 5.75 Å². The van der Waals surface area contributed by atoms with Crippen LogP contribution in [0.1, 0.15) is 19.4 Å². The Bertz CT molecular complexity index is 873. The molecule has 0 aliphatic carbocycles. The van der Waals surface area contributed by atoms with Gasteiger partial charge in [0.05, 0.1) is 23.5 Å². The quantitative estimate of drug-likeness (QED) is 0.632. The highest BCUT2D eigenvalue weighted by Gasteiger charge is 2.41. The summed E-state index contributed by atoms with van der Waals surface area (Å²) in [6, 6.07) is 6.07. The van der Waals surface area contributed by atoms with Gasteiger partial charge < -0.3 is 25.7 Å². The number of allylic oxidation sites excluding steroid dienone is 2. The highest BCUT2D eigenvalue weighted by atomic mass is 19.1. The van der Waals surface area contributed by atoms with Crippen molar-refractivity contribution in [1.29, 1.82) is 10.8 Å². The lowest BCUT2D eigenvalue weighted by Crippen LogP contribution is -2.43. The summed E-state index contributed by atoms with van der Waals surface area (Å²) in [5, 5.41) is 25.0. The summed E-state index contributed by atoms with van der Waals surface area (Å²) in [6.07, 6.45) is 3.46. The lowest BCUT2D eigenvalue weighted by molar-refractivity contribution is 0.255. The minimum Gasteiger partial charge on any atom is -0.501 e. The second-order valence-corrected chi connectivity index (χ2v) is 6.09. The van der Waals surface area contributed by atoms with Gasteiger partial charge in [-0.05, 0) is 38.8 Å². The van der Waals surface area contributed by atoms with Crippen LogP contribution in [0, 0.1) is 28.8 Å². The molecule has 1 aromatic carbocycles. The number of hydrogen-bond donors (Lipinski definition) is 3. The van der Waals surface area contributed by atoms with E-state index < -0.39 is 12.0 Å². The first-order valence-corrected chi connectivity index (χ1v) is 8.64. The molecule has 1 unspecified atom stereocenters. The SMILES string of the molecule is C=N/C(C)=C1\C(=NCC)N(Cc2c#cc(O)cc2F)C(C(=N)/C=C\C=N)N1C. The standard InChI is InChI=1S/C20H23FN6O/c1-5-25-19-18(13(2)24-3)26(4)20(17(23)7-6-10-22)27(19)12-14-8-9-15(28)11-16(14)21/h6-7,10-11,20,22-23,28H,3,5,12H2,1-2,4H3/b7-6-,18-13+,22-10?,23-17?,25-19?. The van der Waals surface area contributed by atoms with Crippen LogP contribution in [-0.4, -0.2) is 59.1 Å². The molecule has 3 N–H and O–H groups in total. The number of likely N-dealkylation sites (N-methyl/N-ethyl adjacent to an activating group) is 1. The third-order valence-corrected chi connectivity index (χ3v) is 4.26. The number of halogens is 1. The van der Waals surface area contributed by atoms with Crippen molar-refractivity contribution in [2.75, 3.05) is 13.6 Å². The van der Waals surface area contributed by atoms with E-state index in [1.807, 2.05) is 11.8 Å². The number of aromatic hydroxyl groups is 1. The third-order valence-electron chi connectivity index (χ3n) is 4.26. The molecule has 0 radical (unpaired) electrons. The van der Waals surface area contributed by atoms with Crippen molar-refractivity contribution >= 4 is 24.5 Å². The van der Waals surface area contributed by atoms with Crippen molar-refractivity contribution in [2.24, 2.45) is 9.98 Å². The van der Waals surface area contributed by atoms with Gasteiger partial charge in [-0.2, -0.15) is 0 Å². The zero-order valence-corrected chi connectivity index (χ0v) is 16.1. The monoisotopic (exact) mass is 382 g/mol. The van der Waals surface area contributed by atoms with Gasteiger partial charge in [-0.25, -0.2) is 4.39 Å². The lowest BCUT2D eigenvalue weighted by atomic mass is 10.2.